The van der Waals surface area contributed by atoms with E-state index in [2.05, 4.69) is 4.74 Å². The van der Waals surface area contributed by atoms with Crippen LogP contribution in [0.15, 0.2) is 24.3 Å². The standard InChI is InChI=1S/C18H25FO5/c1-21-17(20)24-18(14-23-18)11-4-2-3-5-12-22-13-10-15-6-8-16(19)9-7-15/h6-9H,2-5,10-14H2,1H3. The lowest BCUT2D eigenvalue weighted by Crippen LogP contribution is -2.21. The Morgan fingerprint density at radius 2 is 1.88 bits per heavy atom. The first-order valence-electron chi connectivity index (χ1n) is 8.37. The van der Waals surface area contributed by atoms with E-state index in [0.717, 1.165) is 44.3 Å². The van der Waals surface area contributed by atoms with Crippen LogP contribution in [-0.2, 0) is 25.4 Å². The van der Waals surface area contributed by atoms with Crippen LogP contribution in [0.25, 0.3) is 0 Å². The minimum absolute atomic E-state index is 0.213. The molecule has 24 heavy (non-hydrogen) atoms. The molecule has 134 valence electrons. The molecule has 1 unspecified atom stereocenters. The quantitative estimate of drug-likeness (QED) is 0.348. The topological polar surface area (TPSA) is 57.3 Å². The summed E-state index contributed by atoms with van der Waals surface area (Å²) in [6.07, 6.45) is 4.84. The Kier molecular flexibility index (Phi) is 7.46. The number of carbonyl (C=O) groups is 1. The summed E-state index contributed by atoms with van der Waals surface area (Å²) in [5.41, 5.74) is 1.08. The van der Waals surface area contributed by atoms with Crippen LogP contribution in [0.5, 0.6) is 0 Å². The van der Waals surface area contributed by atoms with E-state index < -0.39 is 11.9 Å². The number of halogens is 1. The molecule has 0 radical (unpaired) electrons. The van der Waals surface area contributed by atoms with E-state index in [1.165, 1.54) is 19.2 Å². The predicted molar refractivity (Wildman–Crippen MR) is 86.2 cm³/mol. The van der Waals surface area contributed by atoms with Gasteiger partial charge < -0.3 is 18.9 Å². The van der Waals surface area contributed by atoms with Gasteiger partial charge in [0, 0.05) is 13.0 Å². The highest BCUT2D eigenvalue weighted by Gasteiger charge is 2.49. The number of rotatable bonds is 11. The fourth-order valence-corrected chi connectivity index (χ4v) is 2.42. The number of benzene rings is 1. The fraction of sp³-hybridized carbons (Fsp3) is 0.611. The maximum absolute atomic E-state index is 12.8. The van der Waals surface area contributed by atoms with Gasteiger partial charge in [-0.1, -0.05) is 25.0 Å². The zero-order chi connectivity index (χ0) is 17.3. The zero-order valence-electron chi connectivity index (χ0n) is 14.1. The molecule has 1 atom stereocenters. The highest BCUT2D eigenvalue weighted by Crippen LogP contribution is 2.34. The van der Waals surface area contributed by atoms with E-state index in [1.807, 2.05) is 0 Å². The summed E-state index contributed by atoms with van der Waals surface area (Å²) >= 11 is 0. The summed E-state index contributed by atoms with van der Waals surface area (Å²) in [4.78, 5) is 11.1. The number of epoxide rings is 1. The number of unbranched alkanes of at least 4 members (excludes halogenated alkanes) is 3. The molecule has 2 rings (SSSR count). The first-order chi connectivity index (χ1) is 11.6. The average molecular weight is 340 g/mol. The summed E-state index contributed by atoms with van der Waals surface area (Å²) in [6, 6.07) is 6.50. The van der Waals surface area contributed by atoms with E-state index in [0.29, 0.717) is 19.6 Å². The van der Waals surface area contributed by atoms with Crippen molar-refractivity contribution in [2.45, 2.75) is 44.3 Å². The highest BCUT2D eigenvalue weighted by atomic mass is 19.1. The first-order valence-corrected chi connectivity index (χ1v) is 8.37. The molecule has 1 aliphatic heterocycles. The van der Waals surface area contributed by atoms with E-state index in [-0.39, 0.29) is 5.82 Å². The van der Waals surface area contributed by atoms with E-state index in [9.17, 15) is 9.18 Å². The minimum atomic E-state index is -0.737. The van der Waals surface area contributed by atoms with Gasteiger partial charge in [-0.05, 0) is 37.0 Å². The molecule has 5 nitrogen and oxygen atoms in total. The van der Waals surface area contributed by atoms with Crippen LogP contribution in [0.3, 0.4) is 0 Å². The number of hydrogen-bond donors (Lipinski definition) is 0. The second-order valence-corrected chi connectivity index (χ2v) is 5.91. The molecule has 0 N–H and O–H groups in total. The van der Waals surface area contributed by atoms with Gasteiger partial charge in [0.25, 0.3) is 0 Å². The van der Waals surface area contributed by atoms with Gasteiger partial charge in [-0.3, -0.25) is 0 Å². The number of ether oxygens (including phenoxy) is 4. The third-order valence-corrected chi connectivity index (χ3v) is 3.95. The second-order valence-electron chi connectivity index (χ2n) is 5.91. The van der Waals surface area contributed by atoms with Crippen LogP contribution in [0, 0.1) is 5.82 Å². The molecule has 0 aromatic heterocycles. The van der Waals surface area contributed by atoms with Gasteiger partial charge in [-0.2, -0.15) is 0 Å². The van der Waals surface area contributed by atoms with Crippen molar-refractivity contribution in [3.05, 3.63) is 35.6 Å². The summed E-state index contributed by atoms with van der Waals surface area (Å²) < 4.78 is 33.1. The van der Waals surface area contributed by atoms with Crippen molar-refractivity contribution in [1.29, 1.82) is 0 Å². The van der Waals surface area contributed by atoms with Crippen molar-refractivity contribution < 1.29 is 28.1 Å². The van der Waals surface area contributed by atoms with Gasteiger partial charge in [0.2, 0.25) is 5.79 Å². The van der Waals surface area contributed by atoms with Crippen molar-refractivity contribution in [2.75, 3.05) is 26.9 Å². The summed E-state index contributed by atoms with van der Waals surface area (Å²) in [6.45, 7) is 1.83. The monoisotopic (exact) mass is 340 g/mol. The molecular weight excluding hydrogens is 315 g/mol. The Morgan fingerprint density at radius 1 is 1.17 bits per heavy atom. The maximum atomic E-state index is 12.8. The molecule has 1 aromatic carbocycles. The fourth-order valence-electron chi connectivity index (χ4n) is 2.42. The molecule has 0 spiro atoms. The largest absolute Gasteiger partial charge is 0.510 e. The van der Waals surface area contributed by atoms with Crippen LogP contribution in [0.2, 0.25) is 0 Å². The van der Waals surface area contributed by atoms with Crippen molar-refractivity contribution in [3.8, 4) is 0 Å². The van der Waals surface area contributed by atoms with Gasteiger partial charge in [0.15, 0.2) is 0 Å². The Hall–Kier alpha value is -1.66. The molecule has 0 amide bonds. The van der Waals surface area contributed by atoms with Gasteiger partial charge >= 0.3 is 6.16 Å². The average Bonchev–Trinajstić information content (AvgIpc) is 3.34. The first kappa shape index (κ1) is 18.7. The molecular formula is C18H25FO5. The Labute approximate surface area is 142 Å². The van der Waals surface area contributed by atoms with Crippen LogP contribution < -0.4 is 0 Å². The summed E-state index contributed by atoms with van der Waals surface area (Å²) in [7, 11) is 1.29. The normalized spacial score (nSPS) is 19.1. The highest BCUT2D eigenvalue weighted by molar-refractivity contribution is 5.60. The van der Waals surface area contributed by atoms with E-state index in [4.69, 9.17) is 14.2 Å². The Balaban J connectivity index is 1.42. The molecule has 1 heterocycles. The Bertz CT molecular complexity index is 499. The van der Waals surface area contributed by atoms with Crippen molar-refractivity contribution in [3.63, 3.8) is 0 Å². The van der Waals surface area contributed by atoms with Crippen molar-refractivity contribution in [2.24, 2.45) is 0 Å². The molecule has 6 heteroatoms. The third-order valence-electron chi connectivity index (χ3n) is 3.95. The van der Waals surface area contributed by atoms with Gasteiger partial charge in [0.05, 0.1) is 13.7 Å². The van der Waals surface area contributed by atoms with Gasteiger partial charge in [-0.25, -0.2) is 9.18 Å². The Morgan fingerprint density at radius 3 is 2.54 bits per heavy atom. The lowest BCUT2D eigenvalue weighted by Gasteiger charge is -2.11. The van der Waals surface area contributed by atoms with E-state index in [1.54, 1.807) is 12.1 Å². The lowest BCUT2D eigenvalue weighted by atomic mass is 10.1. The number of methoxy groups -OCH3 is 1. The molecule has 0 bridgehead atoms. The minimum Gasteiger partial charge on any atom is -0.438 e. The summed E-state index contributed by atoms with van der Waals surface area (Å²) in [5.74, 6) is -0.950. The third kappa shape index (κ3) is 6.84. The molecule has 1 saturated heterocycles. The second kappa shape index (κ2) is 9.59. The van der Waals surface area contributed by atoms with Crippen LogP contribution in [-0.4, -0.2) is 38.9 Å². The maximum Gasteiger partial charge on any atom is 0.510 e. The summed E-state index contributed by atoms with van der Waals surface area (Å²) in [5, 5.41) is 0. The van der Waals surface area contributed by atoms with Crippen LogP contribution >= 0.6 is 0 Å². The smallest absolute Gasteiger partial charge is 0.438 e. The molecule has 0 aliphatic carbocycles. The molecule has 0 saturated carbocycles. The molecule has 1 aromatic rings. The SMILES string of the molecule is COC(=O)OC1(CCCCCCOCCc2ccc(F)cc2)CO1. The number of hydrogen-bond acceptors (Lipinski definition) is 5. The predicted octanol–water partition coefficient (Wildman–Crippen LogP) is 3.84. The molecule has 1 aliphatic rings. The number of carbonyl (C=O) groups excluding carboxylic acids is 1. The molecule has 1 fully saturated rings. The zero-order valence-corrected chi connectivity index (χ0v) is 14.1. The van der Waals surface area contributed by atoms with Crippen molar-refractivity contribution >= 4 is 6.16 Å². The van der Waals surface area contributed by atoms with Crippen LogP contribution in [0.4, 0.5) is 9.18 Å². The van der Waals surface area contributed by atoms with Crippen LogP contribution in [0.1, 0.15) is 37.7 Å². The van der Waals surface area contributed by atoms with Gasteiger partial charge in [-0.15, -0.1) is 0 Å². The van der Waals surface area contributed by atoms with Gasteiger partial charge in [0.1, 0.15) is 12.4 Å². The lowest BCUT2D eigenvalue weighted by molar-refractivity contribution is -0.0324. The van der Waals surface area contributed by atoms with E-state index >= 15 is 0 Å². The van der Waals surface area contributed by atoms with Crippen molar-refractivity contribution in [1.82, 2.24) is 0 Å².